The average Bonchev–Trinajstić information content (AvgIpc) is 2.98. The zero-order valence-corrected chi connectivity index (χ0v) is 12.9. The lowest BCUT2D eigenvalue weighted by atomic mass is 10.1. The largest absolute Gasteiger partial charge is 0.547 e. The van der Waals surface area contributed by atoms with E-state index < -0.39 is 11.5 Å². The summed E-state index contributed by atoms with van der Waals surface area (Å²) in [5.74, 6) is -0.134. The summed E-state index contributed by atoms with van der Waals surface area (Å²) in [7, 11) is 0. The summed E-state index contributed by atoms with van der Waals surface area (Å²) < 4.78 is 5.58. The van der Waals surface area contributed by atoms with Gasteiger partial charge in [0.05, 0.1) is 12.6 Å². The van der Waals surface area contributed by atoms with Crippen molar-refractivity contribution in [3.05, 3.63) is 24.3 Å². The van der Waals surface area contributed by atoms with Crippen LogP contribution in [0.25, 0.3) is 11.4 Å². The quantitative estimate of drug-likeness (QED) is 0.709. The van der Waals surface area contributed by atoms with Gasteiger partial charge in [0.2, 0.25) is 5.82 Å². The Kier molecular flexibility index (Phi) is 4.75. The number of unbranched alkanes of at least 4 members (excludes halogenated alkanes) is 1. The Hall–Kier alpha value is -2.44. The molecule has 0 saturated heterocycles. The predicted octanol–water partition coefficient (Wildman–Crippen LogP) is 1.00. The molecule has 22 heavy (non-hydrogen) atoms. The molecule has 1 aromatic carbocycles. The highest BCUT2D eigenvalue weighted by atomic mass is 16.5. The zero-order valence-electron chi connectivity index (χ0n) is 12.9. The van der Waals surface area contributed by atoms with Gasteiger partial charge in [-0.2, -0.15) is 4.80 Å². The monoisotopic (exact) mass is 303 g/mol. The third kappa shape index (κ3) is 3.41. The van der Waals surface area contributed by atoms with Crippen LogP contribution >= 0.6 is 0 Å². The molecule has 2 aromatic rings. The van der Waals surface area contributed by atoms with E-state index >= 15 is 0 Å². The van der Waals surface area contributed by atoms with Gasteiger partial charge in [0, 0.05) is 5.56 Å². The lowest BCUT2D eigenvalue weighted by molar-refractivity contribution is -0.316. The highest BCUT2D eigenvalue weighted by molar-refractivity contribution is 5.73. The van der Waals surface area contributed by atoms with Crippen LogP contribution in [0.3, 0.4) is 0 Å². The summed E-state index contributed by atoms with van der Waals surface area (Å²) in [6.45, 7) is 5.70. The molecule has 7 nitrogen and oxygen atoms in total. The van der Waals surface area contributed by atoms with Crippen molar-refractivity contribution in [3.8, 4) is 17.1 Å². The number of carboxylic acids is 1. The van der Waals surface area contributed by atoms with Gasteiger partial charge in [-0.1, -0.05) is 13.3 Å². The van der Waals surface area contributed by atoms with Gasteiger partial charge in [-0.25, -0.2) is 0 Å². The predicted molar refractivity (Wildman–Crippen MR) is 78.0 cm³/mol. The van der Waals surface area contributed by atoms with Crippen molar-refractivity contribution < 1.29 is 14.6 Å². The number of hydrogen-bond acceptors (Lipinski definition) is 6. The van der Waals surface area contributed by atoms with Gasteiger partial charge in [-0.05, 0) is 49.7 Å². The zero-order chi connectivity index (χ0) is 16.2. The van der Waals surface area contributed by atoms with Crippen molar-refractivity contribution in [2.24, 2.45) is 0 Å². The molecule has 1 aromatic heterocycles. The van der Waals surface area contributed by atoms with E-state index in [1.165, 1.54) is 13.8 Å². The minimum Gasteiger partial charge on any atom is -0.547 e. The number of carboxylic acid groups (broad SMARTS) is 1. The van der Waals surface area contributed by atoms with Gasteiger partial charge in [-0.15, -0.1) is 10.2 Å². The number of ether oxygens (including phenoxy) is 1. The Morgan fingerprint density at radius 1 is 1.32 bits per heavy atom. The number of benzene rings is 1. The summed E-state index contributed by atoms with van der Waals surface area (Å²) >= 11 is 0. The summed E-state index contributed by atoms with van der Waals surface area (Å²) in [5, 5.41) is 22.9. The number of aliphatic carboxylic acids is 1. The molecule has 7 heteroatoms. The number of nitrogens with zero attached hydrogens (tertiary/aromatic N) is 4. The molecule has 0 amide bonds. The van der Waals surface area contributed by atoms with Crippen molar-refractivity contribution >= 4 is 5.97 Å². The van der Waals surface area contributed by atoms with E-state index in [1.54, 1.807) is 0 Å². The molecule has 0 radical (unpaired) electrons. The number of carbonyl (C=O) groups is 1. The minimum absolute atomic E-state index is 0.356. The fraction of sp³-hybridized carbons (Fsp3) is 0.467. The van der Waals surface area contributed by atoms with Crippen LogP contribution in [0.4, 0.5) is 0 Å². The van der Waals surface area contributed by atoms with Gasteiger partial charge >= 0.3 is 0 Å². The summed E-state index contributed by atoms with van der Waals surface area (Å²) in [6.07, 6.45) is 2.09. The van der Waals surface area contributed by atoms with Gasteiger partial charge in [-0.3, -0.25) is 0 Å². The van der Waals surface area contributed by atoms with E-state index in [2.05, 4.69) is 22.3 Å². The maximum atomic E-state index is 11.1. The van der Waals surface area contributed by atoms with Crippen molar-refractivity contribution in [2.45, 2.75) is 39.2 Å². The number of rotatable bonds is 7. The van der Waals surface area contributed by atoms with Crippen LogP contribution in [0.2, 0.25) is 0 Å². The molecule has 0 spiro atoms. The maximum absolute atomic E-state index is 11.1. The minimum atomic E-state index is -1.35. The van der Waals surface area contributed by atoms with Crippen molar-refractivity contribution in [1.82, 2.24) is 20.2 Å². The second kappa shape index (κ2) is 6.55. The second-order valence-electron chi connectivity index (χ2n) is 5.48. The fourth-order valence-electron chi connectivity index (χ4n) is 1.68. The smallest absolute Gasteiger partial charge is 0.204 e. The van der Waals surface area contributed by atoms with Crippen LogP contribution in [-0.4, -0.2) is 32.8 Å². The highest BCUT2D eigenvalue weighted by Gasteiger charge is 2.25. The first-order valence-electron chi connectivity index (χ1n) is 7.20. The van der Waals surface area contributed by atoms with Gasteiger partial charge in [0.1, 0.15) is 11.3 Å². The van der Waals surface area contributed by atoms with Gasteiger partial charge < -0.3 is 14.6 Å². The standard InChI is InChI=1S/C15H20N4O3/c1-4-5-10-22-12-8-6-11(7-9-12)13-16-18-19(17-13)15(2,3)14(20)21/h6-9H,4-5,10H2,1-3H3,(H,20,21)/p-1. The molecule has 118 valence electrons. The molecular formula is C15H19N4O3-. The van der Waals surface area contributed by atoms with Crippen LogP contribution < -0.4 is 9.84 Å². The molecule has 0 saturated carbocycles. The number of carbonyl (C=O) groups excluding carboxylic acids is 1. The van der Waals surface area contributed by atoms with Crippen molar-refractivity contribution in [2.75, 3.05) is 6.61 Å². The summed E-state index contributed by atoms with van der Waals surface area (Å²) in [6, 6.07) is 7.29. The Morgan fingerprint density at radius 2 is 2.00 bits per heavy atom. The van der Waals surface area contributed by atoms with Crippen LogP contribution in [0.1, 0.15) is 33.6 Å². The summed E-state index contributed by atoms with van der Waals surface area (Å²) in [5.41, 5.74) is -0.614. The van der Waals surface area contributed by atoms with E-state index in [1.807, 2.05) is 24.3 Å². The van der Waals surface area contributed by atoms with Crippen LogP contribution in [0.5, 0.6) is 5.75 Å². The molecule has 1 heterocycles. The Morgan fingerprint density at radius 3 is 2.59 bits per heavy atom. The molecule has 0 aliphatic carbocycles. The Bertz CT molecular complexity index is 634. The SMILES string of the molecule is CCCCOc1ccc(-c2nnn(C(C)(C)C(=O)[O-])n2)cc1. The number of aromatic nitrogens is 4. The molecular weight excluding hydrogens is 284 g/mol. The number of tetrazole rings is 1. The third-order valence-electron chi connectivity index (χ3n) is 3.29. The molecule has 0 aliphatic heterocycles. The Balaban J connectivity index is 2.13. The van der Waals surface area contributed by atoms with Crippen LogP contribution in [-0.2, 0) is 10.3 Å². The normalized spacial score (nSPS) is 11.4. The topological polar surface area (TPSA) is 93.0 Å². The van der Waals surface area contributed by atoms with Crippen molar-refractivity contribution in [3.63, 3.8) is 0 Å². The van der Waals surface area contributed by atoms with Crippen LogP contribution in [0.15, 0.2) is 24.3 Å². The van der Waals surface area contributed by atoms with Crippen LogP contribution in [0, 0.1) is 0 Å². The third-order valence-corrected chi connectivity index (χ3v) is 3.29. The lowest BCUT2D eigenvalue weighted by Crippen LogP contribution is -2.47. The highest BCUT2D eigenvalue weighted by Crippen LogP contribution is 2.20. The second-order valence-corrected chi connectivity index (χ2v) is 5.48. The molecule has 0 unspecified atom stereocenters. The lowest BCUT2D eigenvalue weighted by Gasteiger charge is -2.23. The first kappa shape index (κ1) is 15.9. The molecule has 0 aliphatic rings. The average molecular weight is 303 g/mol. The number of hydrogen-bond donors (Lipinski definition) is 0. The molecule has 0 fully saturated rings. The first-order valence-corrected chi connectivity index (χ1v) is 7.20. The van der Waals surface area contributed by atoms with E-state index in [-0.39, 0.29) is 0 Å². The first-order chi connectivity index (χ1) is 10.4. The summed E-state index contributed by atoms with van der Waals surface area (Å²) in [4.78, 5) is 12.1. The molecule has 0 atom stereocenters. The van der Waals surface area contributed by atoms with Crippen molar-refractivity contribution in [1.29, 1.82) is 0 Å². The van der Waals surface area contributed by atoms with E-state index in [0.29, 0.717) is 12.4 Å². The van der Waals surface area contributed by atoms with E-state index in [9.17, 15) is 9.90 Å². The van der Waals surface area contributed by atoms with E-state index in [4.69, 9.17) is 4.74 Å². The van der Waals surface area contributed by atoms with E-state index in [0.717, 1.165) is 29.0 Å². The maximum Gasteiger partial charge on any atom is 0.204 e. The molecule has 0 N–H and O–H groups in total. The fourth-order valence-corrected chi connectivity index (χ4v) is 1.68. The Labute approximate surface area is 128 Å². The molecule has 0 bridgehead atoms. The van der Waals surface area contributed by atoms with Gasteiger partial charge in [0.15, 0.2) is 0 Å². The van der Waals surface area contributed by atoms with Gasteiger partial charge in [0.25, 0.3) is 0 Å². The molecule has 2 rings (SSSR count).